The summed E-state index contributed by atoms with van der Waals surface area (Å²) >= 11 is 0. The molecule has 1 fully saturated rings. The fourth-order valence-electron chi connectivity index (χ4n) is 1.95. The van der Waals surface area contributed by atoms with E-state index in [1.54, 1.807) is 0 Å². The average Bonchev–Trinajstić information content (AvgIpc) is 2.59. The lowest BCUT2D eigenvalue weighted by Gasteiger charge is -2.15. The lowest BCUT2D eigenvalue weighted by atomic mass is 10.1. The molecule has 0 spiro atoms. The van der Waals surface area contributed by atoms with E-state index in [1.807, 2.05) is 18.2 Å². The Morgan fingerprint density at radius 3 is 2.94 bits per heavy atom. The molecule has 1 aromatic carbocycles. The first-order valence-corrected chi connectivity index (χ1v) is 6.07. The molecule has 1 aliphatic heterocycles. The van der Waals surface area contributed by atoms with Crippen molar-refractivity contribution in [3.8, 4) is 0 Å². The second-order valence-electron chi connectivity index (χ2n) is 4.27. The first-order chi connectivity index (χ1) is 7.95. The highest BCUT2D eigenvalue weighted by Crippen LogP contribution is 2.06. The molecule has 1 aliphatic rings. The van der Waals surface area contributed by atoms with Crippen molar-refractivity contribution in [2.45, 2.75) is 31.9 Å². The molecule has 1 unspecified atom stereocenters. The van der Waals surface area contributed by atoms with Crippen LogP contribution in [0.3, 0.4) is 0 Å². The van der Waals surface area contributed by atoms with Gasteiger partial charge in [-0.25, -0.2) is 0 Å². The number of nitrogens with one attached hydrogen (secondary N) is 2. The Labute approximate surface area is 97.1 Å². The zero-order valence-corrected chi connectivity index (χ0v) is 9.61. The summed E-state index contributed by atoms with van der Waals surface area (Å²) in [4.78, 5) is 5.54. The highest BCUT2D eigenvalue weighted by Gasteiger charge is 2.10. The fraction of sp³-hybridized carbons (Fsp3) is 0.538. The molecule has 3 heteroatoms. The minimum absolute atomic E-state index is 0.499. The van der Waals surface area contributed by atoms with Gasteiger partial charge in [-0.3, -0.25) is 4.84 Å². The third-order valence-electron chi connectivity index (χ3n) is 2.91. The predicted octanol–water partition coefficient (Wildman–Crippen LogP) is 1.85. The molecular formula is C13H20N2O. The summed E-state index contributed by atoms with van der Waals surface area (Å²) < 4.78 is 0. The molecule has 2 rings (SSSR count). The van der Waals surface area contributed by atoms with E-state index in [0.29, 0.717) is 12.6 Å². The van der Waals surface area contributed by atoms with Crippen molar-refractivity contribution in [2.75, 3.05) is 13.1 Å². The third-order valence-corrected chi connectivity index (χ3v) is 2.91. The van der Waals surface area contributed by atoms with Gasteiger partial charge >= 0.3 is 0 Å². The van der Waals surface area contributed by atoms with Gasteiger partial charge in [0.2, 0.25) is 0 Å². The Morgan fingerprint density at radius 1 is 1.19 bits per heavy atom. The standard InChI is InChI=1S/C13H20N2O/c1-2-5-12(6-3-1)11-16-15-13-7-4-9-14-10-8-13/h1-3,5-6,13-15H,4,7-11H2. The molecule has 1 aromatic rings. The van der Waals surface area contributed by atoms with E-state index in [9.17, 15) is 0 Å². The van der Waals surface area contributed by atoms with Crippen LogP contribution in [0.5, 0.6) is 0 Å². The summed E-state index contributed by atoms with van der Waals surface area (Å²) in [6.45, 7) is 2.87. The van der Waals surface area contributed by atoms with Gasteiger partial charge < -0.3 is 5.32 Å². The molecule has 0 aromatic heterocycles. The van der Waals surface area contributed by atoms with Crippen LogP contribution in [-0.4, -0.2) is 19.1 Å². The van der Waals surface area contributed by atoms with Crippen molar-refractivity contribution in [3.63, 3.8) is 0 Å². The molecular weight excluding hydrogens is 200 g/mol. The van der Waals surface area contributed by atoms with Crippen molar-refractivity contribution in [3.05, 3.63) is 35.9 Å². The molecule has 0 bridgehead atoms. The van der Waals surface area contributed by atoms with Gasteiger partial charge in [-0.15, -0.1) is 0 Å². The summed E-state index contributed by atoms with van der Waals surface area (Å²) in [6.07, 6.45) is 3.57. The van der Waals surface area contributed by atoms with Crippen LogP contribution >= 0.6 is 0 Å². The van der Waals surface area contributed by atoms with E-state index in [2.05, 4.69) is 22.9 Å². The van der Waals surface area contributed by atoms with Gasteiger partial charge in [0.05, 0.1) is 6.61 Å². The first-order valence-electron chi connectivity index (χ1n) is 6.07. The van der Waals surface area contributed by atoms with Crippen LogP contribution in [0.4, 0.5) is 0 Å². The van der Waals surface area contributed by atoms with Crippen molar-refractivity contribution in [1.82, 2.24) is 10.8 Å². The Bertz CT molecular complexity index is 281. The molecule has 16 heavy (non-hydrogen) atoms. The molecule has 1 saturated heterocycles. The molecule has 0 saturated carbocycles. The third kappa shape index (κ3) is 3.93. The van der Waals surface area contributed by atoms with Gasteiger partial charge in [-0.05, 0) is 37.9 Å². The minimum Gasteiger partial charge on any atom is -0.317 e. The van der Waals surface area contributed by atoms with E-state index >= 15 is 0 Å². The molecule has 1 heterocycles. The summed E-state index contributed by atoms with van der Waals surface area (Å²) in [5, 5.41) is 3.39. The van der Waals surface area contributed by atoms with Crippen LogP contribution in [0.2, 0.25) is 0 Å². The van der Waals surface area contributed by atoms with E-state index < -0.39 is 0 Å². The number of benzene rings is 1. The van der Waals surface area contributed by atoms with Gasteiger partial charge in [-0.2, -0.15) is 5.48 Å². The summed E-state index contributed by atoms with van der Waals surface area (Å²) in [5.41, 5.74) is 4.38. The van der Waals surface area contributed by atoms with E-state index in [-0.39, 0.29) is 0 Å². The molecule has 88 valence electrons. The monoisotopic (exact) mass is 220 g/mol. The second kappa shape index (κ2) is 6.63. The molecule has 0 aliphatic carbocycles. The predicted molar refractivity (Wildman–Crippen MR) is 64.9 cm³/mol. The largest absolute Gasteiger partial charge is 0.317 e. The zero-order valence-electron chi connectivity index (χ0n) is 9.61. The smallest absolute Gasteiger partial charge is 0.0933 e. The van der Waals surface area contributed by atoms with Crippen molar-refractivity contribution >= 4 is 0 Å². The van der Waals surface area contributed by atoms with Gasteiger partial charge in [0.15, 0.2) is 0 Å². The van der Waals surface area contributed by atoms with Crippen LogP contribution in [0.1, 0.15) is 24.8 Å². The first kappa shape index (κ1) is 11.6. The quantitative estimate of drug-likeness (QED) is 0.760. The van der Waals surface area contributed by atoms with Gasteiger partial charge in [0.1, 0.15) is 0 Å². The normalized spacial score (nSPS) is 21.6. The van der Waals surface area contributed by atoms with Crippen LogP contribution < -0.4 is 10.8 Å². The zero-order chi connectivity index (χ0) is 11.1. The van der Waals surface area contributed by atoms with Gasteiger partial charge in [-0.1, -0.05) is 30.3 Å². The van der Waals surface area contributed by atoms with E-state index in [1.165, 1.54) is 18.4 Å². The van der Waals surface area contributed by atoms with Crippen LogP contribution in [0, 0.1) is 0 Å². The van der Waals surface area contributed by atoms with E-state index in [0.717, 1.165) is 19.5 Å². The maximum absolute atomic E-state index is 5.54. The number of hydroxylamine groups is 1. The van der Waals surface area contributed by atoms with Gasteiger partial charge in [0.25, 0.3) is 0 Å². The Kier molecular flexibility index (Phi) is 4.80. The molecule has 3 nitrogen and oxygen atoms in total. The Hall–Kier alpha value is -0.900. The second-order valence-corrected chi connectivity index (χ2v) is 4.27. The van der Waals surface area contributed by atoms with Crippen molar-refractivity contribution in [1.29, 1.82) is 0 Å². The minimum atomic E-state index is 0.499. The highest BCUT2D eigenvalue weighted by atomic mass is 16.6. The Balaban J connectivity index is 1.67. The fourth-order valence-corrected chi connectivity index (χ4v) is 1.95. The van der Waals surface area contributed by atoms with Crippen LogP contribution in [0.15, 0.2) is 30.3 Å². The summed E-state index contributed by atoms with van der Waals surface area (Å²) in [6, 6.07) is 10.8. The maximum atomic E-state index is 5.54. The van der Waals surface area contributed by atoms with Gasteiger partial charge in [0, 0.05) is 6.04 Å². The molecule has 0 radical (unpaired) electrons. The van der Waals surface area contributed by atoms with E-state index in [4.69, 9.17) is 4.84 Å². The summed E-state index contributed by atoms with van der Waals surface area (Å²) in [7, 11) is 0. The highest BCUT2D eigenvalue weighted by molar-refractivity contribution is 5.13. The average molecular weight is 220 g/mol. The molecule has 2 N–H and O–H groups in total. The Morgan fingerprint density at radius 2 is 2.06 bits per heavy atom. The van der Waals surface area contributed by atoms with Crippen molar-refractivity contribution < 1.29 is 4.84 Å². The van der Waals surface area contributed by atoms with Crippen LogP contribution in [-0.2, 0) is 11.4 Å². The topological polar surface area (TPSA) is 33.3 Å². The molecule has 0 amide bonds. The number of rotatable bonds is 4. The van der Waals surface area contributed by atoms with Crippen molar-refractivity contribution in [2.24, 2.45) is 0 Å². The molecule has 1 atom stereocenters. The number of hydrogen-bond acceptors (Lipinski definition) is 3. The maximum Gasteiger partial charge on any atom is 0.0933 e. The lowest BCUT2D eigenvalue weighted by molar-refractivity contribution is 0.000974. The summed E-state index contributed by atoms with van der Waals surface area (Å²) in [5.74, 6) is 0. The lowest BCUT2D eigenvalue weighted by Crippen LogP contribution is -2.29. The SMILES string of the molecule is c1ccc(CONC2CCCNCC2)cc1. The number of hydrogen-bond donors (Lipinski definition) is 2. The van der Waals surface area contributed by atoms with Crippen LogP contribution in [0.25, 0.3) is 0 Å².